The predicted octanol–water partition coefficient (Wildman–Crippen LogP) is 3.96. The van der Waals surface area contributed by atoms with Gasteiger partial charge in [-0.2, -0.15) is 0 Å². The quantitative estimate of drug-likeness (QED) is 0.399. The minimum Gasteiger partial charge on any atom is -0.507 e. The van der Waals surface area contributed by atoms with Gasteiger partial charge in [0.2, 0.25) is 0 Å². The number of nitrogens with zero attached hydrogens (tertiary/aromatic N) is 2. The summed E-state index contributed by atoms with van der Waals surface area (Å²) in [5.41, 5.74) is 1.14. The van der Waals surface area contributed by atoms with Gasteiger partial charge < -0.3 is 24.1 Å². The van der Waals surface area contributed by atoms with Crippen LogP contribution in [0.4, 0.5) is 0 Å². The number of ketones is 1. The van der Waals surface area contributed by atoms with E-state index in [1.807, 2.05) is 45.8 Å². The molecule has 1 saturated heterocycles. The van der Waals surface area contributed by atoms with Crippen LogP contribution >= 0.6 is 0 Å². The van der Waals surface area contributed by atoms with Crippen LogP contribution in [0.3, 0.4) is 0 Å². The molecule has 0 bridgehead atoms. The van der Waals surface area contributed by atoms with Crippen LogP contribution in [0, 0.1) is 0 Å². The molecule has 1 amide bonds. The number of carbonyl (C=O) groups excluding carboxylic acids is 2. The number of methoxy groups -OCH3 is 1. The summed E-state index contributed by atoms with van der Waals surface area (Å²) in [4.78, 5) is 29.5. The number of ether oxygens (including phenoxy) is 1. The number of amides is 1. The van der Waals surface area contributed by atoms with Gasteiger partial charge in [-0.05, 0) is 62.8 Å². The van der Waals surface area contributed by atoms with Crippen LogP contribution in [0.2, 0.25) is 0 Å². The van der Waals surface area contributed by atoms with Crippen molar-refractivity contribution < 1.29 is 23.8 Å². The van der Waals surface area contributed by atoms with Gasteiger partial charge in [-0.25, -0.2) is 0 Å². The molecular weight excluding hydrogens is 408 g/mol. The summed E-state index contributed by atoms with van der Waals surface area (Å²) >= 11 is 0. The largest absolute Gasteiger partial charge is 0.507 e. The molecule has 7 nitrogen and oxygen atoms in total. The van der Waals surface area contributed by atoms with Crippen LogP contribution in [0.15, 0.2) is 46.6 Å². The molecule has 1 unspecified atom stereocenters. The first-order valence-electron chi connectivity index (χ1n) is 10.7. The molecular formula is C25H32N2O5. The Bertz CT molecular complexity index is 1020. The van der Waals surface area contributed by atoms with Gasteiger partial charge in [0.15, 0.2) is 0 Å². The average Bonchev–Trinajstić information content (AvgIpc) is 3.34. The highest BCUT2D eigenvalue weighted by molar-refractivity contribution is 6.46. The highest BCUT2D eigenvalue weighted by Crippen LogP contribution is 2.41. The fraction of sp³-hybridized carbons (Fsp3) is 0.440. The molecule has 1 N–H and O–H groups in total. The molecule has 2 aromatic rings. The van der Waals surface area contributed by atoms with Crippen molar-refractivity contribution in [3.8, 4) is 5.75 Å². The minimum absolute atomic E-state index is 0.0415. The molecule has 1 aromatic carbocycles. The zero-order valence-electron chi connectivity index (χ0n) is 19.6. The number of benzene rings is 1. The Morgan fingerprint density at radius 1 is 1.22 bits per heavy atom. The lowest BCUT2D eigenvalue weighted by molar-refractivity contribution is -0.140. The second-order valence-corrected chi connectivity index (χ2v) is 9.33. The van der Waals surface area contributed by atoms with Gasteiger partial charge in [-0.1, -0.05) is 20.8 Å². The first-order chi connectivity index (χ1) is 15.1. The Morgan fingerprint density at radius 3 is 2.50 bits per heavy atom. The zero-order valence-corrected chi connectivity index (χ0v) is 19.6. The second kappa shape index (κ2) is 9.20. The number of aliphatic hydroxyl groups excluding tert-OH is 1. The normalized spacial score (nSPS) is 18.6. The van der Waals surface area contributed by atoms with Crippen molar-refractivity contribution >= 4 is 17.4 Å². The van der Waals surface area contributed by atoms with E-state index in [0.29, 0.717) is 30.0 Å². The van der Waals surface area contributed by atoms with E-state index in [2.05, 4.69) is 0 Å². The maximum atomic E-state index is 13.1. The van der Waals surface area contributed by atoms with Crippen molar-refractivity contribution in [1.29, 1.82) is 0 Å². The summed E-state index contributed by atoms with van der Waals surface area (Å²) in [7, 11) is 5.50. The maximum absolute atomic E-state index is 13.1. The highest BCUT2D eigenvalue weighted by atomic mass is 16.5. The molecule has 0 aliphatic carbocycles. The van der Waals surface area contributed by atoms with Gasteiger partial charge >= 0.3 is 0 Å². The Morgan fingerprint density at radius 2 is 1.94 bits per heavy atom. The van der Waals surface area contributed by atoms with E-state index in [1.54, 1.807) is 31.4 Å². The van der Waals surface area contributed by atoms with Gasteiger partial charge in [0.25, 0.3) is 11.7 Å². The van der Waals surface area contributed by atoms with Crippen LogP contribution in [0.5, 0.6) is 5.75 Å². The Kier molecular flexibility index (Phi) is 6.79. The van der Waals surface area contributed by atoms with Gasteiger partial charge in [0.05, 0.1) is 18.9 Å². The van der Waals surface area contributed by atoms with Gasteiger partial charge in [0, 0.05) is 17.7 Å². The fourth-order valence-corrected chi connectivity index (χ4v) is 4.01. The third kappa shape index (κ3) is 4.58. The lowest BCUT2D eigenvalue weighted by Gasteiger charge is -2.25. The van der Waals surface area contributed by atoms with Gasteiger partial charge in [-0.3, -0.25) is 9.59 Å². The molecule has 1 fully saturated rings. The third-order valence-corrected chi connectivity index (χ3v) is 5.64. The smallest absolute Gasteiger partial charge is 0.295 e. The number of furan rings is 1. The van der Waals surface area contributed by atoms with Crippen molar-refractivity contribution in [2.75, 3.05) is 34.3 Å². The van der Waals surface area contributed by atoms with Crippen molar-refractivity contribution in [2.45, 2.75) is 38.6 Å². The predicted molar refractivity (Wildman–Crippen MR) is 123 cm³/mol. The molecule has 2 heterocycles. The number of aliphatic hydroxyl groups is 1. The Hall–Kier alpha value is -3.06. The number of carbonyl (C=O) groups is 2. The van der Waals surface area contributed by atoms with Crippen molar-refractivity contribution in [3.63, 3.8) is 0 Å². The van der Waals surface area contributed by atoms with E-state index in [4.69, 9.17) is 9.15 Å². The van der Waals surface area contributed by atoms with Gasteiger partial charge in [-0.15, -0.1) is 0 Å². The molecule has 3 rings (SSSR count). The van der Waals surface area contributed by atoms with E-state index in [-0.39, 0.29) is 16.7 Å². The van der Waals surface area contributed by atoms with E-state index < -0.39 is 17.7 Å². The molecule has 32 heavy (non-hydrogen) atoms. The summed E-state index contributed by atoms with van der Waals surface area (Å²) in [6.07, 6.45) is 2.19. The van der Waals surface area contributed by atoms with Crippen LogP contribution in [0.25, 0.3) is 5.76 Å². The van der Waals surface area contributed by atoms with Crippen LogP contribution in [-0.4, -0.2) is 60.9 Å². The SMILES string of the molecule is COc1ccc(/C(O)=C2/C(=O)C(=O)N(CCCN(C)C)C2c2ccco2)cc1C(C)(C)C. The molecule has 1 aliphatic heterocycles. The first kappa shape index (κ1) is 23.6. The summed E-state index contributed by atoms with van der Waals surface area (Å²) in [5, 5.41) is 11.3. The number of Topliss-reactive ketones (excluding diaryl/α,β-unsaturated/α-hetero) is 1. The number of hydrogen-bond donors (Lipinski definition) is 1. The number of likely N-dealkylation sites (tertiary alicyclic amines) is 1. The summed E-state index contributed by atoms with van der Waals surface area (Å²) in [5.74, 6) is -0.410. The monoisotopic (exact) mass is 440 g/mol. The van der Waals surface area contributed by atoms with E-state index in [0.717, 1.165) is 12.1 Å². The molecule has 0 radical (unpaired) electrons. The second-order valence-electron chi connectivity index (χ2n) is 9.33. The fourth-order valence-electron chi connectivity index (χ4n) is 4.01. The zero-order chi connectivity index (χ0) is 23.6. The molecule has 7 heteroatoms. The third-order valence-electron chi connectivity index (χ3n) is 5.64. The van der Waals surface area contributed by atoms with Crippen LogP contribution in [0.1, 0.15) is 50.1 Å². The molecule has 0 saturated carbocycles. The van der Waals surface area contributed by atoms with Crippen molar-refractivity contribution in [2.24, 2.45) is 0 Å². The van der Waals surface area contributed by atoms with Gasteiger partial charge in [0.1, 0.15) is 23.3 Å². The van der Waals surface area contributed by atoms with E-state index in [1.165, 1.54) is 11.2 Å². The number of rotatable bonds is 7. The number of hydrogen-bond acceptors (Lipinski definition) is 6. The molecule has 1 aliphatic rings. The van der Waals surface area contributed by atoms with E-state index in [9.17, 15) is 14.7 Å². The molecule has 1 atom stereocenters. The average molecular weight is 441 g/mol. The molecule has 0 spiro atoms. The van der Waals surface area contributed by atoms with Crippen LogP contribution < -0.4 is 4.74 Å². The van der Waals surface area contributed by atoms with E-state index >= 15 is 0 Å². The standard InChI is InChI=1S/C25H32N2O5/c1-25(2,3)17-15-16(10-11-18(17)31-6)22(28)20-21(19-9-7-14-32-19)27(24(30)23(20)29)13-8-12-26(4)5/h7,9-11,14-15,21,28H,8,12-13H2,1-6H3/b22-20-. The van der Waals surface area contributed by atoms with Crippen LogP contribution in [-0.2, 0) is 15.0 Å². The lowest BCUT2D eigenvalue weighted by Crippen LogP contribution is -2.32. The maximum Gasteiger partial charge on any atom is 0.295 e. The topological polar surface area (TPSA) is 83.2 Å². The summed E-state index contributed by atoms with van der Waals surface area (Å²) < 4.78 is 11.1. The van der Waals surface area contributed by atoms with Crippen molar-refractivity contribution in [1.82, 2.24) is 9.80 Å². The Balaban J connectivity index is 2.11. The lowest BCUT2D eigenvalue weighted by atomic mass is 9.84. The Labute approximate surface area is 189 Å². The highest BCUT2D eigenvalue weighted by Gasteiger charge is 2.47. The molecule has 172 valence electrons. The summed E-state index contributed by atoms with van der Waals surface area (Å²) in [6, 6.07) is 7.93. The minimum atomic E-state index is -0.771. The van der Waals surface area contributed by atoms with Crippen molar-refractivity contribution in [3.05, 3.63) is 59.1 Å². The summed E-state index contributed by atoms with van der Waals surface area (Å²) in [6.45, 7) is 7.27. The molecule has 1 aromatic heterocycles. The first-order valence-corrected chi connectivity index (χ1v) is 10.7.